The molecular weight excluding hydrogens is 378 g/mol. The maximum Gasteiger partial charge on any atom is 0.407 e. The lowest BCUT2D eigenvalue weighted by Crippen LogP contribution is -2.30. The molecule has 2 aromatic carbocycles. The van der Waals surface area contributed by atoms with Crippen LogP contribution in [0.25, 0.3) is 28.1 Å². The first-order valence-corrected chi connectivity index (χ1v) is 9.94. The van der Waals surface area contributed by atoms with Crippen LogP contribution in [-0.2, 0) is 0 Å². The Morgan fingerprint density at radius 1 is 1.13 bits per heavy atom. The van der Waals surface area contributed by atoms with Crippen LogP contribution in [0.1, 0.15) is 24.7 Å². The number of carboxylic acid groups (broad SMARTS) is 1. The maximum absolute atomic E-state index is 11.7. The van der Waals surface area contributed by atoms with Crippen LogP contribution < -0.4 is 0 Å². The van der Waals surface area contributed by atoms with E-state index < -0.39 is 6.09 Å². The summed E-state index contributed by atoms with van der Waals surface area (Å²) in [7, 11) is 0. The topological polar surface area (TPSA) is 87.0 Å². The minimum Gasteiger partial charge on any atom is -0.465 e. The molecule has 0 radical (unpaired) electrons. The number of aromatic nitrogens is 4. The van der Waals surface area contributed by atoms with Crippen molar-refractivity contribution in [2.24, 2.45) is 0 Å². The van der Waals surface area contributed by atoms with Crippen molar-refractivity contribution >= 4 is 6.09 Å². The van der Waals surface area contributed by atoms with Crippen molar-refractivity contribution in [3.8, 4) is 28.1 Å². The summed E-state index contributed by atoms with van der Waals surface area (Å²) in [5.74, 6) is 0.739. The highest BCUT2D eigenvalue weighted by Crippen LogP contribution is 2.36. The molecule has 0 saturated carbocycles. The zero-order valence-electron chi connectivity index (χ0n) is 16.3. The van der Waals surface area contributed by atoms with Gasteiger partial charge in [-0.15, -0.1) is 0 Å². The number of rotatable bonds is 4. The van der Waals surface area contributed by atoms with E-state index in [-0.39, 0.29) is 6.04 Å². The average Bonchev–Trinajstić information content (AvgIpc) is 3.55. The second-order valence-electron chi connectivity index (χ2n) is 7.35. The van der Waals surface area contributed by atoms with Gasteiger partial charge in [0.05, 0.1) is 29.9 Å². The predicted molar refractivity (Wildman–Crippen MR) is 113 cm³/mol. The molecule has 1 amide bonds. The minimum absolute atomic E-state index is 0.249. The molecule has 30 heavy (non-hydrogen) atoms. The molecule has 1 saturated heterocycles. The molecule has 7 nitrogen and oxygen atoms in total. The number of carbonyl (C=O) groups is 1. The molecule has 3 heterocycles. The summed E-state index contributed by atoms with van der Waals surface area (Å²) in [6, 6.07) is 16.2. The first-order chi connectivity index (χ1) is 14.7. The number of nitrogens with one attached hydrogen (secondary N) is 1. The summed E-state index contributed by atoms with van der Waals surface area (Å²) in [4.78, 5) is 25.1. The Morgan fingerprint density at radius 3 is 2.77 bits per heavy atom. The molecule has 0 spiro atoms. The molecule has 0 bridgehead atoms. The number of benzene rings is 2. The van der Waals surface area contributed by atoms with Gasteiger partial charge in [0.15, 0.2) is 0 Å². The third-order valence-electron chi connectivity index (χ3n) is 5.62. The molecular formula is C23H21N5O2. The molecule has 1 aliphatic rings. The highest BCUT2D eigenvalue weighted by atomic mass is 16.4. The van der Waals surface area contributed by atoms with Crippen LogP contribution in [0.5, 0.6) is 0 Å². The summed E-state index contributed by atoms with van der Waals surface area (Å²) in [5.41, 5.74) is 5.03. The molecule has 0 aliphatic carbocycles. The summed E-state index contributed by atoms with van der Waals surface area (Å²) < 4.78 is 2.00. The fourth-order valence-corrected chi connectivity index (χ4v) is 4.20. The number of likely N-dealkylation sites (tertiary alicyclic amines) is 1. The van der Waals surface area contributed by atoms with Gasteiger partial charge >= 0.3 is 6.09 Å². The lowest BCUT2D eigenvalue weighted by Gasteiger charge is -2.23. The van der Waals surface area contributed by atoms with E-state index in [0.717, 1.165) is 46.7 Å². The standard InChI is InChI=1S/C23H21N5O2/c29-23(30)28-11-4-7-21(28)22-25-10-12-27(22)20-9-8-17(16-5-2-1-3-6-16)13-18(20)19-14-24-15-26-19/h1-3,5-6,8-10,12-15,21H,4,7,11H2,(H,24,26)(H,29,30). The molecule has 150 valence electrons. The van der Waals surface area contributed by atoms with Crippen LogP contribution in [0.4, 0.5) is 4.79 Å². The number of amides is 1. The van der Waals surface area contributed by atoms with Crippen LogP contribution in [0.3, 0.4) is 0 Å². The van der Waals surface area contributed by atoms with Gasteiger partial charge in [-0.1, -0.05) is 36.4 Å². The van der Waals surface area contributed by atoms with E-state index in [9.17, 15) is 9.90 Å². The number of hydrogen-bond acceptors (Lipinski definition) is 3. The molecule has 2 aromatic heterocycles. The number of hydrogen-bond donors (Lipinski definition) is 2. The van der Waals surface area contributed by atoms with Gasteiger partial charge < -0.3 is 14.7 Å². The van der Waals surface area contributed by atoms with Gasteiger partial charge in [-0.2, -0.15) is 0 Å². The van der Waals surface area contributed by atoms with Crippen molar-refractivity contribution < 1.29 is 9.90 Å². The Morgan fingerprint density at radius 2 is 2.00 bits per heavy atom. The van der Waals surface area contributed by atoms with Gasteiger partial charge in [0, 0.05) is 24.5 Å². The van der Waals surface area contributed by atoms with Crippen LogP contribution in [0, 0.1) is 0 Å². The lowest BCUT2D eigenvalue weighted by atomic mass is 10.00. The normalized spacial score (nSPS) is 16.1. The zero-order chi connectivity index (χ0) is 20.5. The second kappa shape index (κ2) is 7.51. The summed E-state index contributed by atoms with van der Waals surface area (Å²) in [5, 5.41) is 9.59. The van der Waals surface area contributed by atoms with Crippen molar-refractivity contribution in [3.63, 3.8) is 0 Å². The predicted octanol–water partition coefficient (Wildman–Crippen LogP) is 4.74. The monoisotopic (exact) mass is 399 g/mol. The van der Waals surface area contributed by atoms with Crippen molar-refractivity contribution in [1.29, 1.82) is 0 Å². The first-order valence-electron chi connectivity index (χ1n) is 9.94. The second-order valence-corrected chi connectivity index (χ2v) is 7.35. The summed E-state index contributed by atoms with van der Waals surface area (Å²) in [6.07, 6.45) is 7.78. The number of H-pyrrole nitrogens is 1. The minimum atomic E-state index is -0.903. The van der Waals surface area contributed by atoms with Crippen LogP contribution >= 0.6 is 0 Å². The quantitative estimate of drug-likeness (QED) is 0.519. The van der Waals surface area contributed by atoms with Gasteiger partial charge in [-0.25, -0.2) is 14.8 Å². The molecule has 4 aromatic rings. The number of aromatic amines is 1. The van der Waals surface area contributed by atoms with Gasteiger partial charge in [0.25, 0.3) is 0 Å². The van der Waals surface area contributed by atoms with Crippen molar-refractivity contribution in [1.82, 2.24) is 24.4 Å². The average molecular weight is 399 g/mol. The number of nitrogens with zero attached hydrogens (tertiary/aromatic N) is 4. The van der Waals surface area contributed by atoms with Crippen LogP contribution in [0.2, 0.25) is 0 Å². The highest BCUT2D eigenvalue weighted by Gasteiger charge is 2.33. The van der Waals surface area contributed by atoms with E-state index in [4.69, 9.17) is 0 Å². The van der Waals surface area contributed by atoms with Crippen LogP contribution in [0.15, 0.2) is 73.4 Å². The van der Waals surface area contributed by atoms with Gasteiger partial charge in [0.1, 0.15) is 5.82 Å². The maximum atomic E-state index is 11.7. The van der Waals surface area contributed by atoms with E-state index in [1.165, 1.54) is 4.90 Å². The Bertz CT molecular complexity index is 1170. The third kappa shape index (κ3) is 3.14. The van der Waals surface area contributed by atoms with E-state index in [1.54, 1.807) is 18.7 Å². The molecule has 7 heteroatoms. The smallest absolute Gasteiger partial charge is 0.407 e. The highest BCUT2D eigenvalue weighted by molar-refractivity contribution is 5.78. The summed E-state index contributed by atoms with van der Waals surface area (Å²) in [6.45, 7) is 0.535. The van der Waals surface area contributed by atoms with Gasteiger partial charge in [-0.3, -0.25) is 4.90 Å². The van der Waals surface area contributed by atoms with Crippen molar-refractivity contribution in [2.75, 3.05) is 6.54 Å². The SMILES string of the molecule is O=C(O)N1CCCC1c1nccn1-c1ccc(-c2ccccc2)cc1-c1cnc[nH]1. The van der Waals surface area contributed by atoms with Crippen molar-refractivity contribution in [3.05, 3.63) is 79.3 Å². The molecule has 1 aliphatic heterocycles. The van der Waals surface area contributed by atoms with Crippen molar-refractivity contribution in [2.45, 2.75) is 18.9 Å². The van der Waals surface area contributed by atoms with E-state index >= 15 is 0 Å². The Balaban J connectivity index is 1.64. The van der Waals surface area contributed by atoms with Gasteiger partial charge in [-0.05, 0) is 36.1 Å². The van der Waals surface area contributed by atoms with Gasteiger partial charge in [0.2, 0.25) is 0 Å². The first kappa shape index (κ1) is 18.2. The molecule has 1 unspecified atom stereocenters. The molecule has 1 atom stereocenters. The number of imidazole rings is 2. The van der Waals surface area contributed by atoms with E-state index in [0.29, 0.717) is 6.54 Å². The molecule has 2 N–H and O–H groups in total. The fraction of sp³-hybridized carbons (Fsp3) is 0.174. The van der Waals surface area contributed by atoms with E-state index in [2.05, 4.69) is 45.3 Å². The van der Waals surface area contributed by atoms with E-state index in [1.807, 2.05) is 29.0 Å². The molecule has 5 rings (SSSR count). The van der Waals surface area contributed by atoms with Crippen LogP contribution in [-0.4, -0.2) is 42.2 Å². The third-order valence-corrected chi connectivity index (χ3v) is 5.62. The summed E-state index contributed by atoms with van der Waals surface area (Å²) >= 11 is 0. The fourth-order valence-electron chi connectivity index (χ4n) is 4.20. The largest absolute Gasteiger partial charge is 0.465 e. The lowest BCUT2D eigenvalue weighted by molar-refractivity contribution is 0.138. The zero-order valence-corrected chi connectivity index (χ0v) is 16.3. The molecule has 1 fully saturated rings. The Labute approximate surface area is 173 Å². The Kier molecular flexibility index (Phi) is 4.55. The Hall–Kier alpha value is -3.87.